The molecule has 0 radical (unpaired) electrons. The van der Waals surface area contributed by atoms with Gasteiger partial charge in [0.2, 0.25) is 5.89 Å². The number of nitrogens with one attached hydrogen (secondary N) is 1. The summed E-state index contributed by atoms with van der Waals surface area (Å²) in [6, 6.07) is 0. The monoisotopic (exact) mass is 265 g/mol. The summed E-state index contributed by atoms with van der Waals surface area (Å²) < 4.78 is 5.39. The van der Waals surface area contributed by atoms with E-state index in [4.69, 9.17) is 4.42 Å². The minimum absolute atomic E-state index is 0.128. The molecule has 0 saturated carbocycles. The molecule has 4 nitrogen and oxygen atoms in total. The predicted octanol–water partition coefficient (Wildman–Crippen LogP) is 3.03. The minimum Gasteiger partial charge on any atom is -0.445 e. The molecule has 0 spiro atoms. The highest BCUT2D eigenvalue weighted by atomic mass is 32.1. The summed E-state index contributed by atoms with van der Waals surface area (Å²) in [5.74, 6) is 1.56. The van der Waals surface area contributed by atoms with Gasteiger partial charge < -0.3 is 9.73 Å². The minimum atomic E-state index is 0.128. The molecule has 1 N–H and O–H groups in total. The number of aryl methyl sites for hydroxylation is 1. The van der Waals surface area contributed by atoms with Crippen molar-refractivity contribution in [3.63, 3.8) is 0 Å². The van der Waals surface area contributed by atoms with Crippen molar-refractivity contribution in [3.05, 3.63) is 33.9 Å². The zero-order valence-corrected chi connectivity index (χ0v) is 12.1. The first kappa shape index (κ1) is 13.2. The van der Waals surface area contributed by atoms with Crippen LogP contribution in [-0.2, 0) is 18.5 Å². The molecule has 0 unspecified atom stereocenters. The van der Waals surface area contributed by atoms with E-state index in [1.54, 1.807) is 17.5 Å². The Balaban J connectivity index is 1.85. The Morgan fingerprint density at radius 3 is 2.67 bits per heavy atom. The van der Waals surface area contributed by atoms with Gasteiger partial charge in [0.15, 0.2) is 0 Å². The lowest BCUT2D eigenvalue weighted by molar-refractivity contribution is 0.448. The lowest BCUT2D eigenvalue weighted by Gasteiger charge is -2.13. The number of hydrogen-bond acceptors (Lipinski definition) is 5. The number of thiazole rings is 1. The molecule has 2 aromatic rings. The molecule has 2 heterocycles. The van der Waals surface area contributed by atoms with E-state index in [1.807, 2.05) is 6.92 Å². The van der Waals surface area contributed by atoms with Gasteiger partial charge in [-0.1, -0.05) is 20.8 Å². The molecule has 2 aromatic heterocycles. The first-order valence-electron chi connectivity index (χ1n) is 6.02. The fraction of sp³-hybridized carbons (Fsp3) is 0.538. The van der Waals surface area contributed by atoms with Crippen LogP contribution in [0.5, 0.6) is 0 Å². The molecule has 98 valence electrons. The van der Waals surface area contributed by atoms with Crippen LogP contribution in [0.25, 0.3) is 0 Å². The molecule has 0 aliphatic rings. The Morgan fingerprint density at radius 1 is 1.33 bits per heavy atom. The van der Waals surface area contributed by atoms with Gasteiger partial charge >= 0.3 is 0 Å². The van der Waals surface area contributed by atoms with Crippen molar-refractivity contribution in [1.29, 1.82) is 0 Å². The van der Waals surface area contributed by atoms with Crippen molar-refractivity contribution in [2.75, 3.05) is 0 Å². The summed E-state index contributed by atoms with van der Waals surface area (Å²) in [6.45, 7) is 9.81. The lowest BCUT2D eigenvalue weighted by atomic mass is 9.98. The van der Waals surface area contributed by atoms with Gasteiger partial charge in [-0.2, -0.15) is 0 Å². The van der Waals surface area contributed by atoms with Crippen LogP contribution < -0.4 is 5.32 Å². The van der Waals surface area contributed by atoms with Crippen molar-refractivity contribution >= 4 is 11.3 Å². The van der Waals surface area contributed by atoms with Crippen LogP contribution in [0.1, 0.15) is 43.1 Å². The van der Waals surface area contributed by atoms with E-state index in [2.05, 4.69) is 41.4 Å². The normalized spacial score (nSPS) is 12.0. The smallest absolute Gasteiger partial charge is 0.208 e. The number of nitrogens with zero attached hydrogens (tertiary/aromatic N) is 2. The molecule has 5 heteroatoms. The van der Waals surface area contributed by atoms with Crippen molar-refractivity contribution in [2.24, 2.45) is 0 Å². The summed E-state index contributed by atoms with van der Waals surface area (Å²) in [7, 11) is 0. The largest absolute Gasteiger partial charge is 0.445 e. The average Bonchev–Trinajstić information content (AvgIpc) is 2.87. The quantitative estimate of drug-likeness (QED) is 0.923. The fourth-order valence-corrected chi connectivity index (χ4v) is 2.42. The molecule has 2 rings (SSSR count). The van der Waals surface area contributed by atoms with Gasteiger partial charge in [0.05, 0.1) is 23.4 Å². The highest BCUT2D eigenvalue weighted by Gasteiger charge is 2.17. The first-order valence-corrected chi connectivity index (χ1v) is 6.90. The summed E-state index contributed by atoms with van der Waals surface area (Å²) in [5.41, 5.74) is 1.20. The number of hydrogen-bond donors (Lipinski definition) is 1. The van der Waals surface area contributed by atoms with E-state index in [9.17, 15) is 0 Å². The Hall–Kier alpha value is -1.20. The summed E-state index contributed by atoms with van der Waals surface area (Å²) in [4.78, 5) is 8.77. The lowest BCUT2D eigenvalue weighted by Crippen LogP contribution is -2.14. The molecular formula is C13H19N3OS. The Kier molecular flexibility index (Phi) is 3.82. The van der Waals surface area contributed by atoms with E-state index in [0.717, 1.165) is 23.9 Å². The van der Waals surface area contributed by atoms with E-state index < -0.39 is 0 Å². The van der Waals surface area contributed by atoms with Crippen LogP contribution in [0, 0.1) is 6.92 Å². The van der Waals surface area contributed by atoms with Gasteiger partial charge in [-0.25, -0.2) is 9.97 Å². The Morgan fingerprint density at radius 2 is 2.11 bits per heavy atom. The van der Waals surface area contributed by atoms with E-state index in [0.29, 0.717) is 6.54 Å². The van der Waals surface area contributed by atoms with Crippen LogP contribution in [0.2, 0.25) is 0 Å². The second-order valence-electron chi connectivity index (χ2n) is 5.36. The van der Waals surface area contributed by atoms with E-state index >= 15 is 0 Å². The van der Waals surface area contributed by atoms with Gasteiger partial charge in [0, 0.05) is 17.3 Å². The van der Waals surface area contributed by atoms with Crippen LogP contribution in [-0.4, -0.2) is 9.97 Å². The Bertz CT molecular complexity index is 510. The Labute approximate surface area is 111 Å². The second-order valence-corrected chi connectivity index (χ2v) is 6.22. The number of rotatable bonds is 4. The maximum absolute atomic E-state index is 5.39. The van der Waals surface area contributed by atoms with Crippen molar-refractivity contribution in [3.8, 4) is 0 Å². The zero-order valence-electron chi connectivity index (χ0n) is 11.3. The number of aromatic nitrogens is 2. The van der Waals surface area contributed by atoms with E-state index in [-0.39, 0.29) is 5.41 Å². The van der Waals surface area contributed by atoms with E-state index in [1.165, 1.54) is 5.01 Å². The fourth-order valence-electron chi connectivity index (χ4n) is 1.51. The maximum Gasteiger partial charge on any atom is 0.208 e. The highest BCUT2D eigenvalue weighted by Crippen LogP contribution is 2.25. The summed E-state index contributed by atoms with van der Waals surface area (Å²) in [6.07, 6.45) is 1.73. The van der Waals surface area contributed by atoms with Gasteiger partial charge in [0.25, 0.3) is 0 Å². The molecule has 0 aliphatic carbocycles. The van der Waals surface area contributed by atoms with Gasteiger partial charge in [-0.3, -0.25) is 0 Å². The first-order chi connectivity index (χ1) is 8.45. The van der Waals surface area contributed by atoms with Crippen LogP contribution in [0.15, 0.2) is 16.0 Å². The number of oxazole rings is 1. The predicted molar refractivity (Wildman–Crippen MR) is 72.6 cm³/mol. The van der Waals surface area contributed by atoms with Gasteiger partial charge in [-0.15, -0.1) is 11.3 Å². The average molecular weight is 265 g/mol. The molecule has 0 saturated heterocycles. The topological polar surface area (TPSA) is 51.0 Å². The SMILES string of the molecule is Cc1cnc(CNCc2csc(C(C)(C)C)n2)o1. The summed E-state index contributed by atoms with van der Waals surface area (Å²) in [5, 5.41) is 6.56. The molecule has 0 aromatic carbocycles. The molecule has 0 atom stereocenters. The molecule has 18 heavy (non-hydrogen) atoms. The molecule has 0 amide bonds. The van der Waals surface area contributed by atoms with Gasteiger partial charge in [0.1, 0.15) is 5.76 Å². The standard InChI is InChI=1S/C13H19N3OS/c1-9-5-15-11(17-9)7-14-6-10-8-18-12(16-10)13(2,3)4/h5,8,14H,6-7H2,1-4H3. The summed E-state index contributed by atoms with van der Waals surface area (Å²) >= 11 is 1.72. The van der Waals surface area contributed by atoms with Crippen LogP contribution in [0.3, 0.4) is 0 Å². The molecule has 0 aliphatic heterocycles. The van der Waals surface area contributed by atoms with Crippen molar-refractivity contribution in [2.45, 2.75) is 46.2 Å². The third-order valence-corrected chi connectivity index (χ3v) is 3.76. The molecular weight excluding hydrogens is 246 g/mol. The molecule has 0 fully saturated rings. The third kappa shape index (κ3) is 3.40. The molecule has 0 bridgehead atoms. The van der Waals surface area contributed by atoms with Crippen molar-refractivity contribution < 1.29 is 4.42 Å². The van der Waals surface area contributed by atoms with Crippen LogP contribution >= 0.6 is 11.3 Å². The zero-order chi connectivity index (χ0) is 13.2. The third-order valence-electron chi connectivity index (χ3n) is 2.44. The maximum atomic E-state index is 5.39. The van der Waals surface area contributed by atoms with Crippen molar-refractivity contribution in [1.82, 2.24) is 15.3 Å². The highest BCUT2D eigenvalue weighted by molar-refractivity contribution is 7.09. The van der Waals surface area contributed by atoms with Gasteiger partial charge in [-0.05, 0) is 6.92 Å². The second kappa shape index (κ2) is 5.20. The van der Waals surface area contributed by atoms with Crippen LogP contribution in [0.4, 0.5) is 0 Å².